The molecule has 0 aromatic heterocycles. The summed E-state index contributed by atoms with van der Waals surface area (Å²) in [5, 5.41) is 0. The molecule has 0 saturated carbocycles. The minimum absolute atomic E-state index is 0.663. The lowest BCUT2D eigenvalue weighted by atomic mass is 11.0. The van der Waals surface area contributed by atoms with E-state index in [4.69, 9.17) is 0 Å². The number of hydrogen-bond acceptors (Lipinski definition) is 3. The van der Waals surface area contributed by atoms with E-state index < -0.39 is 5.67 Å². The van der Waals surface area contributed by atoms with Crippen LogP contribution in [0.25, 0.3) is 0 Å². The van der Waals surface area contributed by atoms with Crippen molar-refractivity contribution in [1.82, 2.24) is 0 Å². The quantitative estimate of drug-likeness (QED) is 0.497. The zero-order valence-corrected chi connectivity index (χ0v) is 10.4. The summed E-state index contributed by atoms with van der Waals surface area (Å²) < 4.78 is 0. The van der Waals surface area contributed by atoms with E-state index in [1.807, 2.05) is 10.8 Å². The Morgan fingerprint density at radius 3 is 2.10 bits per heavy atom. The highest BCUT2D eigenvalue weighted by Gasteiger charge is 2.27. The van der Waals surface area contributed by atoms with Crippen LogP contribution in [0.5, 0.6) is 0 Å². The summed E-state index contributed by atoms with van der Waals surface area (Å²) in [6.07, 6.45) is 0. The molecule has 0 nitrogen and oxygen atoms in total. The van der Waals surface area contributed by atoms with Crippen LogP contribution < -0.4 is 0 Å². The van der Waals surface area contributed by atoms with Crippen molar-refractivity contribution in [3.63, 3.8) is 0 Å². The van der Waals surface area contributed by atoms with Crippen LogP contribution in [0.3, 0.4) is 0 Å². The molecule has 0 aromatic carbocycles. The standard InChI is InChI=1S/C6H16PS3/c1-5-8-7(3,4)10-9-6-2/h5-6H2,1-4H3/q+1. The van der Waals surface area contributed by atoms with Gasteiger partial charge in [-0.05, 0) is 0 Å². The average Bonchev–Trinajstić information content (AvgIpc) is 1.84. The maximum absolute atomic E-state index is 2.40. The van der Waals surface area contributed by atoms with Crippen LogP contribution in [-0.4, -0.2) is 24.8 Å². The predicted molar refractivity (Wildman–Crippen MR) is 62.6 cm³/mol. The molecule has 0 saturated heterocycles. The van der Waals surface area contributed by atoms with Gasteiger partial charge in [0.15, 0.2) is 0 Å². The molecular weight excluding hydrogens is 199 g/mol. The number of rotatable bonds is 5. The summed E-state index contributed by atoms with van der Waals surface area (Å²) in [4.78, 5) is 0. The van der Waals surface area contributed by atoms with Gasteiger partial charge in [0.25, 0.3) is 0 Å². The van der Waals surface area contributed by atoms with Crippen molar-refractivity contribution in [1.29, 1.82) is 0 Å². The third kappa shape index (κ3) is 6.21. The molecule has 0 aliphatic carbocycles. The van der Waals surface area contributed by atoms with Crippen LogP contribution in [0.1, 0.15) is 13.8 Å². The Kier molecular flexibility index (Phi) is 6.94. The van der Waals surface area contributed by atoms with Crippen LogP contribution in [0.15, 0.2) is 0 Å². The molecule has 0 N–H and O–H groups in total. The van der Waals surface area contributed by atoms with Crippen LogP contribution in [0, 0.1) is 0 Å². The monoisotopic (exact) mass is 215 g/mol. The minimum Gasteiger partial charge on any atom is -0.0552 e. The summed E-state index contributed by atoms with van der Waals surface area (Å²) in [7, 11) is 4.09. The molecule has 0 heterocycles. The second kappa shape index (κ2) is 6.05. The second-order valence-electron chi connectivity index (χ2n) is 2.15. The molecule has 0 unspecified atom stereocenters. The largest absolute Gasteiger partial charge is 0.138 e. The zero-order valence-electron chi connectivity index (χ0n) is 7.09. The molecule has 0 radical (unpaired) electrons. The highest BCUT2D eigenvalue weighted by molar-refractivity contribution is 9.15. The summed E-state index contributed by atoms with van der Waals surface area (Å²) in [6.45, 7) is 9.25. The first-order chi connectivity index (χ1) is 4.62. The summed E-state index contributed by atoms with van der Waals surface area (Å²) in [6, 6.07) is 0. The van der Waals surface area contributed by atoms with Gasteiger partial charge >= 0.3 is 0 Å². The van der Waals surface area contributed by atoms with Gasteiger partial charge in [0.05, 0.1) is 23.7 Å². The molecule has 0 aromatic rings. The molecule has 62 valence electrons. The van der Waals surface area contributed by atoms with E-state index in [-0.39, 0.29) is 0 Å². The van der Waals surface area contributed by atoms with E-state index in [0.29, 0.717) is 0 Å². The highest BCUT2D eigenvalue weighted by atomic mass is 33.4. The van der Waals surface area contributed by atoms with E-state index in [2.05, 4.69) is 49.0 Å². The summed E-state index contributed by atoms with van der Waals surface area (Å²) in [5.74, 6) is 2.50. The van der Waals surface area contributed by atoms with Gasteiger partial charge < -0.3 is 0 Å². The minimum atomic E-state index is -0.663. The highest BCUT2D eigenvalue weighted by Crippen LogP contribution is 2.77. The van der Waals surface area contributed by atoms with Crippen molar-refractivity contribution in [2.24, 2.45) is 0 Å². The van der Waals surface area contributed by atoms with Gasteiger partial charge in [-0.1, -0.05) is 24.6 Å². The Hall–Kier alpha value is 1.48. The van der Waals surface area contributed by atoms with E-state index >= 15 is 0 Å². The van der Waals surface area contributed by atoms with Gasteiger partial charge in [0, 0.05) is 22.9 Å². The van der Waals surface area contributed by atoms with Crippen molar-refractivity contribution >= 4 is 38.3 Å². The van der Waals surface area contributed by atoms with Crippen molar-refractivity contribution in [3.05, 3.63) is 0 Å². The van der Waals surface area contributed by atoms with E-state index in [9.17, 15) is 0 Å². The Bertz CT molecular complexity index is 85.1. The SMILES string of the molecule is CCSS[P+](C)(C)SCC. The van der Waals surface area contributed by atoms with Crippen LogP contribution in [-0.2, 0) is 0 Å². The molecule has 0 spiro atoms. The van der Waals surface area contributed by atoms with Gasteiger partial charge in [0.2, 0.25) is 0 Å². The molecule has 4 heteroatoms. The molecular formula is C6H16PS3+. The lowest BCUT2D eigenvalue weighted by molar-refractivity contribution is 1.54. The van der Waals surface area contributed by atoms with Crippen molar-refractivity contribution in [2.75, 3.05) is 24.8 Å². The fourth-order valence-corrected chi connectivity index (χ4v) is 11.5. The van der Waals surface area contributed by atoms with E-state index in [0.717, 1.165) is 0 Å². The predicted octanol–water partition coefficient (Wildman–Crippen LogP) is 4.25. The molecule has 0 aliphatic rings. The Morgan fingerprint density at radius 2 is 1.70 bits per heavy atom. The molecule has 0 atom stereocenters. The molecule has 0 aliphatic heterocycles. The van der Waals surface area contributed by atoms with E-state index in [1.165, 1.54) is 11.5 Å². The van der Waals surface area contributed by atoms with Gasteiger partial charge in [-0.3, -0.25) is 0 Å². The maximum atomic E-state index is 2.40. The third-order valence-corrected chi connectivity index (χ3v) is 13.9. The molecule has 0 bridgehead atoms. The zero-order chi connectivity index (χ0) is 8.04. The van der Waals surface area contributed by atoms with Crippen LogP contribution in [0.4, 0.5) is 0 Å². The van der Waals surface area contributed by atoms with Crippen molar-refractivity contribution < 1.29 is 0 Å². The van der Waals surface area contributed by atoms with Crippen molar-refractivity contribution in [2.45, 2.75) is 13.8 Å². The molecule has 0 rings (SSSR count). The molecule has 0 amide bonds. The van der Waals surface area contributed by atoms with E-state index in [1.54, 1.807) is 0 Å². The number of hydrogen-bond donors (Lipinski definition) is 0. The summed E-state index contributed by atoms with van der Waals surface area (Å²) in [5.41, 5.74) is -0.663. The maximum Gasteiger partial charge on any atom is 0.138 e. The second-order valence-corrected chi connectivity index (χ2v) is 15.9. The Balaban J connectivity index is 3.42. The first-order valence-corrected chi connectivity index (χ1v) is 10.6. The van der Waals surface area contributed by atoms with Gasteiger partial charge in [-0.15, -0.1) is 0 Å². The van der Waals surface area contributed by atoms with Crippen molar-refractivity contribution in [3.8, 4) is 0 Å². The lowest BCUT2D eigenvalue weighted by Gasteiger charge is -2.10. The normalized spacial score (nSPS) is 12.0. The van der Waals surface area contributed by atoms with Crippen LogP contribution >= 0.6 is 38.3 Å². The van der Waals surface area contributed by atoms with Gasteiger partial charge in [-0.25, -0.2) is 0 Å². The molecule has 0 fully saturated rings. The lowest BCUT2D eigenvalue weighted by Crippen LogP contribution is -1.74. The fraction of sp³-hybridized carbons (Fsp3) is 1.00. The Morgan fingerprint density at radius 1 is 1.10 bits per heavy atom. The van der Waals surface area contributed by atoms with Crippen LogP contribution in [0.2, 0.25) is 0 Å². The van der Waals surface area contributed by atoms with Gasteiger partial charge in [0.1, 0.15) is 5.67 Å². The first kappa shape index (κ1) is 11.5. The average molecular weight is 215 g/mol. The topological polar surface area (TPSA) is 0 Å². The van der Waals surface area contributed by atoms with Gasteiger partial charge in [-0.2, -0.15) is 0 Å². The fourth-order valence-electron chi connectivity index (χ4n) is 0.512. The summed E-state index contributed by atoms with van der Waals surface area (Å²) >= 11 is 2.13. The first-order valence-electron chi connectivity index (χ1n) is 3.42. The Labute approximate surface area is 76.9 Å². The molecule has 10 heavy (non-hydrogen) atoms. The third-order valence-electron chi connectivity index (χ3n) is 0.790. The smallest absolute Gasteiger partial charge is 0.0552 e.